The van der Waals surface area contributed by atoms with Crippen LogP contribution in [0.3, 0.4) is 0 Å². The fraction of sp³-hybridized carbons (Fsp3) is 0.571. The summed E-state index contributed by atoms with van der Waals surface area (Å²) in [4.78, 5) is 2.42. The highest BCUT2D eigenvalue weighted by molar-refractivity contribution is 9.10. The molecule has 1 unspecified atom stereocenters. The molecule has 3 heteroatoms. The summed E-state index contributed by atoms with van der Waals surface area (Å²) in [5.74, 6) is 0.405. The van der Waals surface area contributed by atoms with Crippen molar-refractivity contribution in [1.82, 2.24) is 0 Å². The van der Waals surface area contributed by atoms with Gasteiger partial charge in [0.1, 0.15) is 0 Å². The van der Waals surface area contributed by atoms with E-state index in [4.69, 9.17) is 0 Å². The van der Waals surface area contributed by atoms with E-state index in [0.717, 1.165) is 23.9 Å². The van der Waals surface area contributed by atoms with E-state index in [1.165, 1.54) is 5.69 Å². The Hall–Kier alpha value is -0.540. The maximum Gasteiger partial charge on any atom is 0.0476 e. The number of hydrogen-bond acceptors (Lipinski definition) is 2. The predicted molar refractivity (Wildman–Crippen MR) is 75.4 cm³/mol. The highest BCUT2D eigenvalue weighted by Crippen LogP contribution is 2.35. The minimum absolute atomic E-state index is 0.173. The van der Waals surface area contributed by atoms with Crippen molar-refractivity contribution in [2.75, 3.05) is 18.1 Å². The Labute approximate surface area is 112 Å². The number of aliphatic hydroxyl groups is 1. The van der Waals surface area contributed by atoms with E-state index < -0.39 is 0 Å². The second kappa shape index (κ2) is 4.99. The van der Waals surface area contributed by atoms with Gasteiger partial charge in [0.15, 0.2) is 0 Å². The molecule has 0 saturated carbocycles. The Balaban J connectivity index is 2.27. The van der Waals surface area contributed by atoms with E-state index >= 15 is 0 Å². The highest BCUT2D eigenvalue weighted by Gasteiger charge is 2.33. The Bertz CT molecular complexity index is 392. The van der Waals surface area contributed by atoms with E-state index in [-0.39, 0.29) is 5.54 Å². The molecule has 1 saturated heterocycles. The molecule has 0 radical (unpaired) electrons. The first-order valence-electron chi connectivity index (χ1n) is 6.17. The van der Waals surface area contributed by atoms with Gasteiger partial charge in [0.05, 0.1) is 0 Å². The van der Waals surface area contributed by atoms with Crippen molar-refractivity contribution in [2.45, 2.75) is 32.2 Å². The van der Waals surface area contributed by atoms with Crippen LogP contribution in [0, 0.1) is 5.92 Å². The molecule has 17 heavy (non-hydrogen) atoms. The van der Waals surface area contributed by atoms with Crippen molar-refractivity contribution in [3.63, 3.8) is 0 Å². The summed E-state index contributed by atoms with van der Waals surface area (Å²) in [7, 11) is 0. The molecular formula is C14H20BrNO. The van der Waals surface area contributed by atoms with Crippen molar-refractivity contribution in [1.29, 1.82) is 0 Å². The molecular weight excluding hydrogens is 278 g/mol. The Morgan fingerprint density at radius 2 is 2.24 bits per heavy atom. The van der Waals surface area contributed by atoms with E-state index in [1.807, 2.05) is 6.07 Å². The molecule has 0 bridgehead atoms. The lowest BCUT2D eigenvalue weighted by Crippen LogP contribution is -2.51. The smallest absolute Gasteiger partial charge is 0.0476 e. The van der Waals surface area contributed by atoms with Crippen molar-refractivity contribution >= 4 is 21.6 Å². The van der Waals surface area contributed by atoms with Gasteiger partial charge >= 0.3 is 0 Å². The summed E-state index contributed by atoms with van der Waals surface area (Å²) in [6.45, 7) is 5.80. The van der Waals surface area contributed by atoms with Crippen molar-refractivity contribution in [3.05, 3.63) is 28.7 Å². The molecule has 1 aliphatic heterocycles. The molecule has 2 rings (SSSR count). The second-order valence-electron chi connectivity index (χ2n) is 5.49. The average molecular weight is 298 g/mol. The number of rotatable bonds is 2. The maximum absolute atomic E-state index is 9.34. The lowest BCUT2D eigenvalue weighted by atomic mass is 9.84. The molecule has 1 aromatic rings. The zero-order chi connectivity index (χ0) is 12.5. The van der Waals surface area contributed by atoms with Gasteiger partial charge < -0.3 is 10.0 Å². The number of piperidine rings is 1. The lowest BCUT2D eigenvalue weighted by Gasteiger charge is -2.47. The van der Waals surface area contributed by atoms with Crippen molar-refractivity contribution < 1.29 is 5.11 Å². The SMILES string of the molecule is CC1(C)CCC(CO)CN1c1cccc(Br)c1. The van der Waals surface area contributed by atoms with Crippen LogP contribution in [-0.2, 0) is 0 Å². The zero-order valence-electron chi connectivity index (χ0n) is 10.5. The van der Waals surface area contributed by atoms with Gasteiger partial charge in [-0.15, -0.1) is 0 Å². The molecule has 0 spiro atoms. The number of anilines is 1. The van der Waals surface area contributed by atoms with Crippen LogP contribution in [0.15, 0.2) is 28.7 Å². The third-order valence-corrected chi connectivity index (χ3v) is 4.21. The van der Waals surface area contributed by atoms with Gasteiger partial charge in [-0.05, 0) is 50.8 Å². The molecule has 2 nitrogen and oxygen atoms in total. The van der Waals surface area contributed by atoms with E-state index in [1.54, 1.807) is 0 Å². The van der Waals surface area contributed by atoms with Gasteiger partial charge in [-0.1, -0.05) is 22.0 Å². The standard InChI is InChI=1S/C14H20BrNO/c1-14(2)7-6-11(10-17)9-16(14)13-5-3-4-12(15)8-13/h3-5,8,11,17H,6-7,9-10H2,1-2H3. The summed E-state index contributed by atoms with van der Waals surface area (Å²) >= 11 is 3.52. The zero-order valence-corrected chi connectivity index (χ0v) is 12.1. The Morgan fingerprint density at radius 3 is 2.88 bits per heavy atom. The first kappa shape index (κ1) is 12.9. The molecule has 1 aromatic carbocycles. The Morgan fingerprint density at radius 1 is 1.47 bits per heavy atom. The van der Waals surface area contributed by atoms with Gasteiger partial charge in [0, 0.05) is 28.9 Å². The van der Waals surface area contributed by atoms with Crippen molar-refractivity contribution in [3.8, 4) is 0 Å². The summed E-state index contributed by atoms with van der Waals surface area (Å²) in [6, 6.07) is 8.41. The van der Waals surface area contributed by atoms with Crippen LogP contribution in [0.4, 0.5) is 5.69 Å². The second-order valence-corrected chi connectivity index (χ2v) is 6.41. The molecule has 1 heterocycles. The van der Waals surface area contributed by atoms with Crippen LogP contribution in [0.2, 0.25) is 0 Å². The van der Waals surface area contributed by atoms with Crippen LogP contribution < -0.4 is 4.90 Å². The van der Waals surface area contributed by atoms with E-state index in [0.29, 0.717) is 12.5 Å². The van der Waals surface area contributed by atoms with Gasteiger partial charge in [0.25, 0.3) is 0 Å². The summed E-state index contributed by atoms with van der Waals surface area (Å²) in [5.41, 5.74) is 1.41. The van der Waals surface area contributed by atoms with E-state index in [2.05, 4.69) is 52.9 Å². The number of halogens is 1. The topological polar surface area (TPSA) is 23.5 Å². The average Bonchev–Trinajstić information content (AvgIpc) is 2.29. The van der Waals surface area contributed by atoms with Crippen LogP contribution in [0.1, 0.15) is 26.7 Å². The fourth-order valence-corrected chi connectivity index (χ4v) is 2.92. The van der Waals surface area contributed by atoms with Gasteiger partial charge in [0.2, 0.25) is 0 Å². The Kier molecular flexibility index (Phi) is 3.79. The first-order chi connectivity index (χ1) is 8.03. The van der Waals surface area contributed by atoms with Crippen molar-refractivity contribution in [2.24, 2.45) is 5.92 Å². The van der Waals surface area contributed by atoms with E-state index in [9.17, 15) is 5.11 Å². The van der Waals surface area contributed by atoms with Crippen LogP contribution in [0.5, 0.6) is 0 Å². The third kappa shape index (κ3) is 2.83. The number of benzene rings is 1. The van der Waals surface area contributed by atoms with Crippen LogP contribution >= 0.6 is 15.9 Å². The minimum Gasteiger partial charge on any atom is -0.396 e. The molecule has 1 fully saturated rings. The minimum atomic E-state index is 0.173. The third-order valence-electron chi connectivity index (χ3n) is 3.71. The first-order valence-corrected chi connectivity index (χ1v) is 6.96. The van der Waals surface area contributed by atoms with Crippen LogP contribution in [-0.4, -0.2) is 23.8 Å². The lowest BCUT2D eigenvalue weighted by molar-refractivity contribution is 0.181. The molecule has 0 aliphatic carbocycles. The largest absolute Gasteiger partial charge is 0.396 e. The van der Waals surface area contributed by atoms with Gasteiger partial charge in [-0.25, -0.2) is 0 Å². The molecule has 0 amide bonds. The summed E-state index contributed by atoms with van der Waals surface area (Å²) in [5, 5.41) is 9.34. The molecule has 1 aliphatic rings. The van der Waals surface area contributed by atoms with Crippen LogP contribution in [0.25, 0.3) is 0 Å². The normalized spacial score (nSPS) is 23.8. The van der Waals surface area contributed by atoms with Gasteiger partial charge in [-0.3, -0.25) is 0 Å². The molecule has 0 aromatic heterocycles. The fourth-order valence-electron chi connectivity index (χ4n) is 2.54. The molecule has 1 atom stereocenters. The maximum atomic E-state index is 9.34. The number of nitrogens with zero attached hydrogens (tertiary/aromatic N) is 1. The monoisotopic (exact) mass is 297 g/mol. The summed E-state index contributed by atoms with van der Waals surface area (Å²) < 4.78 is 1.11. The number of aliphatic hydroxyl groups excluding tert-OH is 1. The summed E-state index contributed by atoms with van der Waals surface area (Å²) in [6.07, 6.45) is 2.25. The predicted octanol–water partition coefficient (Wildman–Crippen LogP) is 3.44. The number of hydrogen-bond donors (Lipinski definition) is 1. The molecule has 1 N–H and O–H groups in total. The highest BCUT2D eigenvalue weighted by atomic mass is 79.9. The quantitative estimate of drug-likeness (QED) is 0.904. The van der Waals surface area contributed by atoms with Gasteiger partial charge in [-0.2, -0.15) is 0 Å². The molecule has 94 valence electrons.